The van der Waals surface area contributed by atoms with Gasteiger partial charge >= 0.3 is 0 Å². The first-order chi connectivity index (χ1) is 14.7. The van der Waals surface area contributed by atoms with Crippen molar-refractivity contribution in [1.29, 1.82) is 0 Å². The predicted molar refractivity (Wildman–Crippen MR) is 115 cm³/mol. The molecule has 1 aromatic carbocycles. The maximum Gasteiger partial charge on any atom is 0.276 e. The molecule has 6 heteroatoms. The maximum atomic E-state index is 13.2. The van der Waals surface area contributed by atoms with Crippen molar-refractivity contribution in [3.63, 3.8) is 0 Å². The summed E-state index contributed by atoms with van der Waals surface area (Å²) < 4.78 is 11.3. The molecule has 0 aliphatic carbocycles. The second-order valence-electron chi connectivity index (χ2n) is 7.59. The standard InChI is InChI=1S/C24H25N3O3/c1-3-10-24(11-4-2)12-6-14-27(24)23(28)21-15-19(30-26-21)17-29-22-8-5-7-18-16-25-13-9-20(18)22/h3-5,7-9,13,15-16H,1-2,6,10-12,14,17H2. The first-order valence-electron chi connectivity index (χ1n) is 10.1. The van der Waals surface area contributed by atoms with Gasteiger partial charge in [0.2, 0.25) is 0 Å². The summed E-state index contributed by atoms with van der Waals surface area (Å²) in [5, 5.41) is 5.98. The highest BCUT2D eigenvalue weighted by Crippen LogP contribution is 2.37. The first kappa shape index (κ1) is 19.9. The zero-order valence-corrected chi connectivity index (χ0v) is 16.9. The molecule has 154 valence electrons. The van der Waals surface area contributed by atoms with Crippen LogP contribution in [0.5, 0.6) is 5.75 Å². The molecule has 1 saturated heterocycles. The van der Waals surface area contributed by atoms with E-state index < -0.39 is 0 Å². The summed E-state index contributed by atoms with van der Waals surface area (Å²) in [5.41, 5.74) is 0.0304. The molecule has 0 spiro atoms. The average Bonchev–Trinajstić information content (AvgIpc) is 3.40. The van der Waals surface area contributed by atoms with Gasteiger partial charge < -0.3 is 14.2 Å². The van der Waals surface area contributed by atoms with E-state index in [9.17, 15) is 4.79 Å². The van der Waals surface area contributed by atoms with E-state index in [4.69, 9.17) is 9.26 Å². The molecule has 3 aromatic rings. The van der Waals surface area contributed by atoms with Gasteiger partial charge in [0.15, 0.2) is 11.5 Å². The van der Waals surface area contributed by atoms with E-state index in [1.54, 1.807) is 18.5 Å². The van der Waals surface area contributed by atoms with Crippen LogP contribution in [0.3, 0.4) is 0 Å². The van der Waals surface area contributed by atoms with Crippen molar-refractivity contribution in [3.8, 4) is 5.75 Å². The predicted octanol–water partition coefficient (Wildman–Crippen LogP) is 4.93. The Morgan fingerprint density at radius 1 is 1.27 bits per heavy atom. The maximum absolute atomic E-state index is 13.2. The number of hydrogen-bond donors (Lipinski definition) is 0. The first-order valence-corrected chi connectivity index (χ1v) is 10.1. The molecule has 0 saturated carbocycles. The highest BCUT2D eigenvalue weighted by atomic mass is 16.5. The lowest BCUT2D eigenvalue weighted by atomic mass is 9.88. The molecule has 1 aliphatic rings. The number of ether oxygens (including phenoxy) is 1. The van der Waals surface area contributed by atoms with Crippen molar-refractivity contribution in [3.05, 3.63) is 79.5 Å². The Morgan fingerprint density at radius 3 is 2.90 bits per heavy atom. The van der Waals surface area contributed by atoms with Crippen LogP contribution in [0.2, 0.25) is 0 Å². The Bertz CT molecular complexity index is 1060. The molecule has 0 bridgehead atoms. The van der Waals surface area contributed by atoms with Gasteiger partial charge in [-0.05, 0) is 37.8 Å². The number of aromatic nitrogens is 2. The molecule has 0 unspecified atom stereocenters. The summed E-state index contributed by atoms with van der Waals surface area (Å²) in [6.45, 7) is 8.62. The fourth-order valence-electron chi connectivity index (χ4n) is 4.29. The quantitative estimate of drug-likeness (QED) is 0.499. The number of carbonyl (C=O) groups is 1. The van der Waals surface area contributed by atoms with Gasteiger partial charge in [-0.2, -0.15) is 0 Å². The zero-order valence-electron chi connectivity index (χ0n) is 16.9. The van der Waals surface area contributed by atoms with Crippen molar-refractivity contribution in [2.45, 2.75) is 37.8 Å². The summed E-state index contributed by atoms with van der Waals surface area (Å²) in [7, 11) is 0. The molecule has 3 heterocycles. The minimum absolute atomic E-state index is 0.123. The third kappa shape index (κ3) is 3.73. The van der Waals surface area contributed by atoms with Gasteiger partial charge in [-0.15, -0.1) is 13.2 Å². The molecule has 0 atom stereocenters. The van der Waals surface area contributed by atoms with Crippen LogP contribution in [-0.4, -0.2) is 33.0 Å². The number of amides is 1. The topological polar surface area (TPSA) is 68.5 Å². The van der Waals surface area contributed by atoms with E-state index in [1.165, 1.54) is 0 Å². The molecule has 1 fully saturated rings. The summed E-state index contributed by atoms with van der Waals surface area (Å²) in [6, 6.07) is 9.37. The monoisotopic (exact) mass is 403 g/mol. The van der Waals surface area contributed by atoms with E-state index in [1.807, 2.05) is 41.3 Å². The summed E-state index contributed by atoms with van der Waals surface area (Å²) in [5.74, 6) is 1.11. The van der Waals surface area contributed by atoms with Crippen molar-refractivity contribution >= 4 is 16.7 Å². The second kappa shape index (κ2) is 8.53. The van der Waals surface area contributed by atoms with Crippen LogP contribution < -0.4 is 4.74 Å². The molecule has 2 aromatic heterocycles. The zero-order chi connectivity index (χ0) is 21.0. The van der Waals surface area contributed by atoms with Crippen molar-refractivity contribution in [2.24, 2.45) is 0 Å². The SMILES string of the molecule is C=CCC1(CC=C)CCCN1C(=O)c1cc(COc2cccc3cnccc23)on1. The van der Waals surface area contributed by atoms with Gasteiger partial charge in [0.25, 0.3) is 5.91 Å². The summed E-state index contributed by atoms with van der Waals surface area (Å²) in [6.07, 6.45) is 10.6. The largest absolute Gasteiger partial charge is 0.485 e. The van der Waals surface area contributed by atoms with Gasteiger partial charge in [0.05, 0.1) is 5.54 Å². The molecule has 1 aliphatic heterocycles. The lowest BCUT2D eigenvalue weighted by Crippen LogP contribution is -2.46. The van der Waals surface area contributed by atoms with E-state index in [2.05, 4.69) is 23.3 Å². The number of pyridine rings is 1. The van der Waals surface area contributed by atoms with Crippen LogP contribution >= 0.6 is 0 Å². The minimum atomic E-state index is -0.271. The number of rotatable bonds is 8. The normalized spacial score (nSPS) is 15.3. The molecule has 6 nitrogen and oxygen atoms in total. The van der Waals surface area contributed by atoms with Crippen LogP contribution in [0.25, 0.3) is 10.8 Å². The molecular weight excluding hydrogens is 378 g/mol. The fraction of sp³-hybridized carbons (Fsp3) is 0.292. The van der Waals surface area contributed by atoms with E-state index >= 15 is 0 Å². The van der Waals surface area contributed by atoms with E-state index in [-0.39, 0.29) is 18.1 Å². The fourth-order valence-corrected chi connectivity index (χ4v) is 4.29. The number of benzene rings is 1. The number of likely N-dealkylation sites (tertiary alicyclic amines) is 1. The Labute approximate surface area is 175 Å². The van der Waals surface area contributed by atoms with E-state index in [0.29, 0.717) is 18.0 Å². The summed E-state index contributed by atoms with van der Waals surface area (Å²) in [4.78, 5) is 19.2. The van der Waals surface area contributed by atoms with E-state index in [0.717, 1.165) is 42.2 Å². The number of fused-ring (bicyclic) bond motifs is 1. The van der Waals surface area contributed by atoms with Gasteiger partial charge in [-0.25, -0.2) is 0 Å². The lowest BCUT2D eigenvalue weighted by Gasteiger charge is -2.37. The van der Waals surface area contributed by atoms with Crippen LogP contribution in [0.15, 0.2) is 72.6 Å². The molecule has 0 N–H and O–H groups in total. The van der Waals surface area contributed by atoms with Crippen LogP contribution in [0.4, 0.5) is 0 Å². The Morgan fingerprint density at radius 2 is 2.10 bits per heavy atom. The highest BCUT2D eigenvalue weighted by Gasteiger charge is 2.42. The summed E-state index contributed by atoms with van der Waals surface area (Å²) >= 11 is 0. The second-order valence-corrected chi connectivity index (χ2v) is 7.59. The molecular formula is C24H25N3O3. The molecule has 4 rings (SSSR count). The number of hydrogen-bond acceptors (Lipinski definition) is 5. The lowest BCUT2D eigenvalue weighted by molar-refractivity contribution is 0.0590. The Hall–Kier alpha value is -3.41. The number of nitrogens with zero attached hydrogens (tertiary/aromatic N) is 3. The third-order valence-corrected chi connectivity index (χ3v) is 5.68. The third-order valence-electron chi connectivity index (χ3n) is 5.68. The van der Waals surface area contributed by atoms with Crippen molar-refractivity contribution in [1.82, 2.24) is 15.0 Å². The van der Waals surface area contributed by atoms with Gasteiger partial charge in [-0.1, -0.05) is 29.4 Å². The van der Waals surface area contributed by atoms with Crippen LogP contribution in [0.1, 0.15) is 41.9 Å². The highest BCUT2D eigenvalue weighted by molar-refractivity contribution is 5.93. The van der Waals surface area contributed by atoms with Gasteiger partial charge in [-0.3, -0.25) is 9.78 Å². The average molecular weight is 403 g/mol. The van der Waals surface area contributed by atoms with Crippen LogP contribution in [0, 0.1) is 0 Å². The molecule has 1 amide bonds. The van der Waals surface area contributed by atoms with Gasteiger partial charge in [0, 0.05) is 35.8 Å². The van der Waals surface area contributed by atoms with Gasteiger partial charge in [0.1, 0.15) is 12.4 Å². The number of carbonyl (C=O) groups excluding carboxylic acids is 1. The molecule has 30 heavy (non-hydrogen) atoms. The Kier molecular flexibility index (Phi) is 5.65. The molecule has 0 radical (unpaired) electrons. The smallest absolute Gasteiger partial charge is 0.276 e. The van der Waals surface area contributed by atoms with Crippen molar-refractivity contribution < 1.29 is 14.1 Å². The van der Waals surface area contributed by atoms with Crippen molar-refractivity contribution in [2.75, 3.05) is 6.54 Å². The minimum Gasteiger partial charge on any atom is -0.485 e. The van der Waals surface area contributed by atoms with Crippen LogP contribution in [-0.2, 0) is 6.61 Å². The Balaban J connectivity index is 1.49.